The van der Waals surface area contributed by atoms with Crippen LogP contribution in [0.2, 0.25) is 0 Å². The van der Waals surface area contributed by atoms with Crippen molar-refractivity contribution in [2.45, 2.75) is 18.2 Å². The number of aliphatic carboxylic acids is 1. The third kappa shape index (κ3) is 3.34. The van der Waals surface area contributed by atoms with E-state index in [2.05, 4.69) is 0 Å². The van der Waals surface area contributed by atoms with Crippen molar-refractivity contribution >= 4 is 15.8 Å². The van der Waals surface area contributed by atoms with Gasteiger partial charge in [-0.15, -0.1) is 0 Å². The first-order valence-corrected chi connectivity index (χ1v) is 6.59. The number of sulfone groups is 1. The van der Waals surface area contributed by atoms with E-state index in [1.54, 1.807) is 18.2 Å². The standard InChI is InChI=1S/C11H14O4S/c1-9(11(12)13)7-8-16(14,15)10-5-3-2-4-6-10/h2-6,9H,7-8H2,1H3,(H,12,13). The zero-order valence-electron chi connectivity index (χ0n) is 8.96. The molecule has 0 heterocycles. The maximum absolute atomic E-state index is 11.8. The molecule has 1 aromatic carbocycles. The summed E-state index contributed by atoms with van der Waals surface area (Å²) in [5, 5.41) is 8.65. The van der Waals surface area contributed by atoms with Crippen molar-refractivity contribution < 1.29 is 18.3 Å². The minimum Gasteiger partial charge on any atom is -0.481 e. The van der Waals surface area contributed by atoms with Gasteiger partial charge >= 0.3 is 5.97 Å². The molecule has 5 heteroatoms. The Balaban J connectivity index is 2.71. The molecule has 1 N–H and O–H groups in total. The van der Waals surface area contributed by atoms with Crippen molar-refractivity contribution in [2.24, 2.45) is 5.92 Å². The quantitative estimate of drug-likeness (QED) is 0.850. The molecule has 0 radical (unpaired) electrons. The molecular formula is C11H14O4S. The number of rotatable bonds is 5. The van der Waals surface area contributed by atoms with E-state index >= 15 is 0 Å². The SMILES string of the molecule is CC(CCS(=O)(=O)c1ccccc1)C(=O)O. The van der Waals surface area contributed by atoms with Crippen LogP contribution in [0.25, 0.3) is 0 Å². The van der Waals surface area contributed by atoms with E-state index in [4.69, 9.17) is 5.11 Å². The lowest BCUT2D eigenvalue weighted by Crippen LogP contribution is -2.15. The maximum atomic E-state index is 11.8. The van der Waals surface area contributed by atoms with E-state index in [9.17, 15) is 13.2 Å². The molecule has 0 fully saturated rings. The second kappa shape index (κ2) is 5.12. The van der Waals surface area contributed by atoms with Crippen molar-refractivity contribution in [1.29, 1.82) is 0 Å². The molecule has 1 unspecified atom stereocenters. The number of benzene rings is 1. The molecule has 0 saturated carbocycles. The molecule has 0 spiro atoms. The van der Waals surface area contributed by atoms with Crippen LogP contribution in [0.4, 0.5) is 0 Å². The van der Waals surface area contributed by atoms with Crippen LogP contribution in [0.15, 0.2) is 35.2 Å². The average Bonchev–Trinajstić information content (AvgIpc) is 2.27. The number of carbonyl (C=O) groups is 1. The predicted molar refractivity (Wildman–Crippen MR) is 59.9 cm³/mol. The largest absolute Gasteiger partial charge is 0.481 e. The minimum atomic E-state index is -3.35. The number of hydrogen-bond donors (Lipinski definition) is 1. The van der Waals surface area contributed by atoms with E-state index in [0.29, 0.717) is 0 Å². The van der Waals surface area contributed by atoms with Crippen LogP contribution >= 0.6 is 0 Å². The molecule has 4 nitrogen and oxygen atoms in total. The van der Waals surface area contributed by atoms with Crippen LogP contribution in [0.3, 0.4) is 0 Å². The molecular weight excluding hydrogens is 228 g/mol. The average molecular weight is 242 g/mol. The first kappa shape index (κ1) is 12.7. The summed E-state index contributed by atoms with van der Waals surface area (Å²) in [6.45, 7) is 1.50. The highest BCUT2D eigenvalue weighted by Gasteiger charge is 2.18. The fourth-order valence-corrected chi connectivity index (χ4v) is 2.67. The smallest absolute Gasteiger partial charge is 0.306 e. The molecule has 1 atom stereocenters. The fraction of sp³-hybridized carbons (Fsp3) is 0.364. The van der Waals surface area contributed by atoms with Crippen LogP contribution in [0.1, 0.15) is 13.3 Å². The molecule has 0 aliphatic heterocycles. The molecule has 1 aromatic rings. The van der Waals surface area contributed by atoms with Gasteiger partial charge in [0.2, 0.25) is 0 Å². The zero-order chi connectivity index (χ0) is 12.2. The Bertz CT molecular complexity index is 450. The summed E-state index contributed by atoms with van der Waals surface area (Å²) in [7, 11) is -3.35. The lowest BCUT2D eigenvalue weighted by molar-refractivity contribution is -0.141. The van der Waals surface area contributed by atoms with Crippen LogP contribution in [-0.4, -0.2) is 25.2 Å². The number of hydrogen-bond acceptors (Lipinski definition) is 3. The second-order valence-corrected chi connectivity index (χ2v) is 5.77. The Morgan fingerprint density at radius 3 is 2.38 bits per heavy atom. The van der Waals surface area contributed by atoms with Gasteiger partial charge in [0.05, 0.1) is 16.6 Å². The Morgan fingerprint density at radius 2 is 1.88 bits per heavy atom. The summed E-state index contributed by atoms with van der Waals surface area (Å²) in [5.41, 5.74) is 0. The highest BCUT2D eigenvalue weighted by molar-refractivity contribution is 7.91. The third-order valence-corrected chi connectivity index (χ3v) is 4.11. The van der Waals surface area contributed by atoms with Gasteiger partial charge in [-0.1, -0.05) is 25.1 Å². The van der Waals surface area contributed by atoms with Gasteiger partial charge < -0.3 is 5.11 Å². The van der Waals surface area contributed by atoms with Crippen molar-refractivity contribution in [2.75, 3.05) is 5.75 Å². The molecule has 1 rings (SSSR count). The van der Waals surface area contributed by atoms with Gasteiger partial charge in [0, 0.05) is 0 Å². The third-order valence-electron chi connectivity index (χ3n) is 2.34. The molecule has 0 saturated heterocycles. The van der Waals surface area contributed by atoms with Crippen molar-refractivity contribution in [3.63, 3.8) is 0 Å². The van der Waals surface area contributed by atoms with Gasteiger partial charge in [-0.25, -0.2) is 8.42 Å². The summed E-state index contributed by atoms with van der Waals surface area (Å²) >= 11 is 0. The Morgan fingerprint density at radius 1 is 1.31 bits per heavy atom. The van der Waals surface area contributed by atoms with Crippen molar-refractivity contribution in [1.82, 2.24) is 0 Å². The molecule has 0 amide bonds. The predicted octanol–water partition coefficient (Wildman–Crippen LogP) is 1.57. The zero-order valence-corrected chi connectivity index (χ0v) is 9.78. The maximum Gasteiger partial charge on any atom is 0.306 e. The molecule has 0 bridgehead atoms. The second-order valence-electron chi connectivity index (χ2n) is 3.66. The van der Waals surface area contributed by atoms with Gasteiger partial charge in [0.15, 0.2) is 9.84 Å². The van der Waals surface area contributed by atoms with E-state index in [1.807, 2.05) is 0 Å². The molecule has 0 aliphatic carbocycles. The van der Waals surface area contributed by atoms with E-state index in [-0.39, 0.29) is 17.1 Å². The van der Waals surface area contributed by atoms with Crippen molar-refractivity contribution in [3.8, 4) is 0 Å². The van der Waals surface area contributed by atoms with Gasteiger partial charge in [0.1, 0.15) is 0 Å². The van der Waals surface area contributed by atoms with Crippen LogP contribution in [0, 0.1) is 5.92 Å². The monoisotopic (exact) mass is 242 g/mol. The Hall–Kier alpha value is -1.36. The van der Waals surface area contributed by atoms with Gasteiger partial charge in [-0.3, -0.25) is 4.79 Å². The number of carboxylic acids is 1. The molecule has 0 aromatic heterocycles. The van der Waals surface area contributed by atoms with E-state index in [0.717, 1.165) is 0 Å². The van der Waals surface area contributed by atoms with E-state index in [1.165, 1.54) is 19.1 Å². The van der Waals surface area contributed by atoms with E-state index < -0.39 is 21.7 Å². The topological polar surface area (TPSA) is 71.4 Å². The Labute approximate surface area is 94.8 Å². The highest BCUT2D eigenvalue weighted by Crippen LogP contribution is 2.13. The lowest BCUT2D eigenvalue weighted by atomic mass is 10.1. The molecule has 16 heavy (non-hydrogen) atoms. The first-order valence-electron chi connectivity index (χ1n) is 4.94. The summed E-state index contributed by atoms with van der Waals surface area (Å²) in [4.78, 5) is 10.8. The Kier molecular flexibility index (Phi) is 4.06. The fourth-order valence-electron chi connectivity index (χ4n) is 1.20. The van der Waals surface area contributed by atoms with Gasteiger partial charge in [-0.05, 0) is 18.6 Å². The van der Waals surface area contributed by atoms with Crippen LogP contribution in [0.5, 0.6) is 0 Å². The van der Waals surface area contributed by atoms with Crippen LogP contribution < -0.4 is 0 Å². The molecule has 88 valence electrons. The van der Waals surface area contributed by atoms with Gasteiger partial charge in [0.25, 0.3) is 0 Å². The number of carboxylic acid groups (broad SMARTS) is 1. The summed E-state index contributed by atoms with van der Waals surface area (Å²) in [6, 6.07) is 8.06. The summed E-state index contributed by atoms with van der Waals surface area (Å²) in [6.07, 6.45) is 0.132. The summed E-state index contributed by atoms with van der Waals surface area (Å²) in [5.74, 6) is -1.74. The molecule has 0 aliphatic rings. The first-order chi connectivity index (χ1) is 7.43. The lowest BCUT2D eigenvalue weighted by Gasteiger charge is -2.07. The van der Waals surface area contributed by atoms with Crippen LogP contribution in [-0.2, 0) is 14.6 Å². The van der Waals surface area contributed by atoms with Gasteiger partial charge in [-0.2, -0.15) is 0 Å². The highest BCUT2D eigenvalue weighted by atomic mass is 32.2. The minimum absolute atomic E-state index is 0.132. The summed E-state index contributed by atoms with van der Waals surface area (Å²) < 4.78 is 23.5. The normalized spacial score (nSPS) is 13.3. The van der Waals surface area contributed by atoms with Crippen molar-refractivity contribution in [3.05, 3.63) is 30.3 Å².